The van der Waals surface area contributed by atoms with Gasteiger partial charge in [-0.3, -0.25) is 14.8 Å². The molecule has 28 heavy (non-hydrogen) atoms. The number of hydrogen-bond donors (Lipinski definition) is 0. The zero-order valence-corrected chi connectivity index (χ0v) is 17.5. The van der Waals surface area contributed by atoms with Gasteiger partial charge in [-0.1, -0.05) is 65.2 Å². The van der Waals surface area contributed by atoms with Gasteiger partial charge in [0.1, 0.15) is 5.75 Å². The van der Waals surface area contributed by atoms with Crippen LogP contribution < -0.4 is 4.74 Å². The third-order valence-corrected chi connectivity index (χ3v) is 4.91. The Bertz CT molecular complexity index is 681. The maximum atomic E-state index is 11.3. The van der Waals surface area contributed by atoms with Crippen molar-refractivity contribution in [2.75, 3.05) is 0 Å². The predicted molar refractivity (Wildman–Crippen MR) is 114 cm³/mol. The Balaban J connectivity index is 1.69. The predicted octanol–water partition coefficient (Wildman–Crippen LogP) is 6.53. The number of nitrogens with zero attached hydrogens (tertiary/aromatic N) is 2. The van der Waals surface area contributed by atoms with Crippen LogP contribution in [0.3, 0.4) is 0 Å². The summed E-state index contributed by atoms with van der Waals surface area (Å²) in [5.41, 5.74) is 2.86. The van der Waals surface area contributed by atoms with E-state index in [1.165, 1.54) is 57.8 Å². The average molecular weight is 383 g/mol. The lowest BCUT2D eigenvalue weighted by molar-refractivity contribution is -0.134. The molecule has 1 aromatic carbocycles. The van der Waals surface area contributed by atoms with E-state index in [2.05, 4.69) is 16.9 Å². The molecule has 0 atom stereocenters. The summed E-state index contributed by atoms with van der Waals surface area (Å²) in [4.78, 5) is 20.4. The Hall–Kier alpha value is -2.23. The topological polar surface area (TPSA) is 52.1 Å². The van der Waals surface area contributed by atoms with Crippen molar-refractivity contribution in [1.82, 2.24) is 9.97 Å². The van der Waals surface area contributed by atoms with Gasteiger partial charge in [0.15, 0.2) is 0 Å². The molecule has 2 aromatic rings. The van der Waals surface area contributed by atoms with Crippen LogP contribution >= 0.6 is 0 Å². The van der Waals surface area contributed by atoms with E-state index in [1.54, 1.807) is 19.1 Å². The first-order chi connectivity index (χ1) is 13.7. The molecule has 1 heterocycles. The molecule has 4 heteroatoms. The Morgan fingerprint density at radius 1 is 0.821 bits per heavy atom. The summed E-state index contributed by atoms with van der Waals surface area (Å²) in [5, 5.41) is 0. The van der Waals surface area contributed by atoms with Gasteiger partial charge in [-0.15, -0.1) is 0 Å². The molecule has 0 saturated heterocycles. The third-order valence-electron chi connectivity index (χ3n) is 4.91. The number of carbonyl (C=O) groups excluding carboxylic acids is 1. The fourth-order valence-corrected chi connectivity index (χ4v) is 3.15. The van der Waals surface area contributed by atoms with Crippen molar-refractivity contribution in [3.8, 4) is 17.0 Å². The van der Waals surface area contributed by atoms with Gasteiger partial charge in [0.2, 0.25) is 0 Å². The van der Waals surface area contributed by atoms with E-state index in [-0.39, 0.29) is 5.97 Å². The number of rotatable bonds is 13. The monoisotopic (exact) mass is 382 g/mol. The molecule has 1 aromatic heterocycles. The number of esters is 1. The Kier molecular flexibility index (Phi) is 10.3. The number of benzene rings is 1. The molecule has 0 aliphatic rings. The van der Waals surface area contributed by atoms with Crippen LogP contribution in [0.25, 0.3) is 11.3 Å². The molecule has 0 aliphatic carbocycles. The van der Waals surface area contributed by atoms with Crippen molar-refractivity contribution in [2.45, 2.75) is 84.5 Å². The molecule has 0 spiro atoms. The molecule has 152 valence electrons. The van der Waals surface area contributed by atoms with Gasteiger partial charge < -0.3 is 4.74 Å². The Labute approximate surface area is 169 Å². The lowest BCUT2D eigenvalue weighted by Gasteiger charge is -2.06. The minimum Gasteiger partial charge on any atom is -0.427 e. The lowest BCUT2D eigenvalue weighted by atomic mass is 10.1. The van der Waals surface area contributed by atoms with Crippen molar-refractivity contribution >= 4 is 5.97 Å². The Morgan fingerprint density at radius 2 is 1.46 bits per heavy atom. The molecule has 0 N–H and O–H groups in total. The largest absolute Gasteiger partial charge is 0.427 e. The average Bonchev–Trinajstić information content (AvgIpc) is 2.73. The van der Waals surface area contributed by atoms with Crippen LogP contribution in [-0.2, 0) is 11.2 Å². The Morgan fingerprint density at radius 3 is 2.04 bits per heavy atom. The summed E-state index contributed by atoms with van der Waals surface area (Å²) in [6.07, 6.45) is 17.1. The fraction of sp³-hybridized carbons (Fsp3) is 0.542. The molecule has 0 amide bonds. The van der Waals surface area contributed by atoms with Crippen molar-refractivity contribution < 1.29 is 9.53 Å². The third kappa shape index (κ3) is 8.20. The van der Waals surface area contributed by atoms with Gasteiger partial charge in [-0.25, -0.2) is 0 Å². The quantitative estimate of drug-likeness (QED) is 0.224. The van der Waals surface area contributed by atoms with Crippen molar-refractivity contribution in [1.29, 1.82) is 0 Å². The number of unbranched alkanes of at least 4 members (excludes halogenated alkanes) is 8. The smallest absolute Gasteiger partial charge is 0.310 e. The first kappa shape index (κ1) is 22.1. The molecule has 0 saturated carbocycles. The highest BCUT2D eigenvalue weighted by atomic mass is 16.5. The van der Waals surface area contributed by atoms with Crippen molar-refractivity contribution in [2.24, 2.45) is 0 Å². The molecule has 0 fully saturated rings. The molecule has 4 nitrogen and oxygen atoms in total. The SMILES string of the molecule is CCCCCCCCCCCc1cnc(-c2ccc(OC(=O)CC)cc2)cn1. The van der Waals surface area contributed by atoms with Crippen LogP contribution in [0.4, 0.5) is 0 Å². The van der Waals surface area contributed by atoms with Gasteiger partial charge in [0.05, 0.1) is 17.6 Å². The number of hydrogen-bond acceptors (Lipinski definition) is 4. The highest BCUT2D eigenvalue weighted by molar-refractivity contribution is 5.72. The first-order valence-electron chi connectivity index (χ1n) is 10.8. The standard InChI is InChI=1S/C24H34N2O2/c1-3-5-6-7-8-9-10-11-12-13-21-18-26-23(19-25-21)20-14-16-22(17-15-20)28-24(27)4-2/h14-19H,3-13H2,1-2H3. The van der Waals surface area contributed by atoms with E-state index in [1.807, 2.05) is 24.5 Å². The second kappa shape index (κ2) is 13.0. The second-order valence-electron chi connectivity index (χ2n) is 7.32. The summed E-state index contributed by atoms with van der Waals surface area (Å²) in [6, 6.07) is 7.40. The van der Waals surface area contributed by atoms with Gasteiger partial charge in [0, 0.05) is 18.2 Å². The molecule has 0 bridgehead atoms. The maximum absolute atomic E-state index is 11.3. The van der Waals surface area contributed by atoms with E-state index in [0.29, 0.717) is 12.2 Å². The zero-order chi connectivity index (χ0) is 20.0. The minimum absolute atomic E-state index is 0.228. The van der Waals surface area contributed by atoms with E-state index in [0.717, 1.165) is 23.4 Å². The van der Waals surface area contributed by atoms with E-state index in [9.17, 15) is 4.79 Å². The maximum Gasteiger partial charge on any atom is 0.310 e. The highest BCUT2D eigenvalue weighted by Crippen LogP contribution is 2.21. The number of aromatic nitrogens is 2. The van der Waals surface area contributed by atoms with Crippen LogP contribution in [0.2, 0.25) is 0 Å². The number of ether oxygens (including phenoxy) is 1. The normalized spacial score (nSPS) is 10.8. The zero-order valence-electron chi connectivity index (χ0n) is 17.5. The first-order valence-corrected chi connectivity index (χ1v) is 10.8. The van der Waals surface area contributed by atoms with Gasteiger partial charge >= 0.3 is 5.97 Å². The molecule has 2 rings (SSSR count). The van der Waals surface area contributed by atoms with E-state index < -0.39 is 0 Å². The molecule has 0 radical (unpaired) electrons. The van der Waals surface area contributed by atoms with Crippen LogP contribution in [0.15, 0.2) is 36.7 Å². The summed E-state index contributed by atoms with van der Waals surface area (Å²) < 4.78 is 5.20. The minimum atomic E-state index is -0.228. The van der Waals surface area contributed by atoms with Crippen LogP contribution in [0, 0.1) is 0 Å². The highest BCUT2D eigenvalue weighted by Gasteiger charge is 2.04. The second-order valence-corrected chi connectivity index (χ2v) is 7.32. The van der Waals surface area contributed by atoms with E-state index >= 15 is 0 Å². The number of aryl methyl sites for hydroxylation is 1. The van der Waals surface area contributed by atoms with Gasteiger partial charge in [0.25, 0.3) is 0 Å². The summed E-state index contributed by atoms with van der Waals surface area (Å²) >= 11 is 0. The molecular weight excluding hydrogens is 348 g/mol. The van der Waals surface area contributed by atoms with Crippen LogP contribution in [0.5, 0.6) is 5.75 Å². The van der Waals surface area contributed by atoms with Gasteiger partial charge in [-0.2, -0.15) is 0 Å². The molecule has 0 aliphatic heterocycles. The van der Waals surface area contributed by atoms with Crippen LogP contribution in [0.1, 0.15) is 83.7 Å². The summed E-state index contributed by atoms with van der Waals surface area (Å²) in [5.74, 6) is 0.332. The number of carbonyl (C=O) groups is 1. The van der Waals surface area contributed by atoms with Crippen LogP contribution in [-0.4, -0.2) is 15.9 Å². The summed E-state index contributed by atoms with van der Waals surface area (Å²) in [6.45, 7) is 4.04. The summed E-state index contributed by atoms with van der Waals surface area (Å²) in [7, 11) is 0. The molecular formula is C24H34N2O2. The van der Waals surface area contributed by atoms with E-state index in [4.69, 9.17) is 4.74 Å². The lowest BCUT2D eigenvalue weighted by Crippen LogP contribution is -2.05. The molecule has 0 unspecified atom stereocenters. The fourth-order valence-electron chi connectivity index (χ4n) is 3.15. The van der Waals surface area contributed by atoms with Gasteiger partial charge in [-0.05, 0) is 37.1 Å². The van der Waals surface area contributed by atoms with Crippen molar-refractivity contribution in [3.63, 3.8) is 0 Å². The van der Waals surface area contributed by atoms with Crippen molar-refractivity contribution in [3.05, 3.63) is 42.4 Å².